The van der Waals surface area contributed by atoms with Crippen LogP contribution in [0.1, 0.15) is 36.6 Å². The molecule has 1 atom stereocenters. The fourth-order valence-electron chi connectivity index (χ4n) is 3.52. The van der Waals surface area contributed by atoms with Crippen molar-refractivity contribution in [2.24, 2.45) is 0 Å². The van der Waals surface area contributed by atoms with Gasteiger partial charge in [-0.05, 0) is 38.5 Å². The number of ether oxygens (including phenoxy) is 2. The highest BCUT2D eigenvalue weighted by molar-refractivity contribution is 6.46. The lowest BCUT2D eigenvalue weighted by Crippen LogP contribution is -2.33. The molecule has 2 aromatic rings. The van der Waals surface area contributed by atoms with Crippen LogP contribution in [0.3, 0.4) is 0 Å². The predicted octanol–water partition coefficient (Wildman–Crippen LogP) is 3.85. The molecular formula is C24H27NO5. The van der Waals surface area contributed by atoms with Crippen molar-refractivity contribution < 1.29 is 24.2 Å². The minimum absolute atomic E-state index is 0.00431. The molecule has 1 heterocycles. The number of amides is 1. The van der Waals surface area contributed by atoms with Crippen LogP contribution in [0.5, 0.6) is 5.75 Å². The highest BCUT2D eigenvalue weighted by Crippen LogP contribution is 2.40. The van der Waals surface area contributed by atoms with Crippen molar-refractivity contribution in [1.82, 2.24) is 4.90 Å². The van der Waals surface area contributed by atoms with Crippen molar-refractivity contribution in [3.8, 4) is 5.75 Å². The number of hydrogen-bond acceptors (Lipinski definition) is 5. The average Bonchev–Trinajstić information content (AvgIpc) is 2.98. The monoisotopic (exact) mass is 409 g/mol. The summed E-state index contributed by atoms with van der Waals surface area (Å²) in [5, 5.41) is 11.0. The molecule has 0 spiro atoms. The Labute approximate surface area is 176 Å². The Hall–Kier alpha value is -3.12. The van der Waals surface area contributed by atoms with Gasteiger partial charge in [-0.1, -0.05) is 42.0 Å². The number of benzene rings is 2. The first-order chi connectivity index (χ1) is 14.3. The lowest BCUT2D eigenvalue weighted by atomic mass is 9.95. The summed E-state index contributed by atoms with van der Waals surface area (Å²) in [5.74, 6) is -0.936. The zero-order valence-electron chi connectivity index (χ0n) is 17.7. The quantitative estimate of drug-likeness (QED) is 0.427. The number of nitrogens with zero attached hydrogens (tertiary/aromatic N) is 1. The van der Waals surface area contributed by atoms with Gasteiger partial charge in [-0.2, -0.15) is 0 Å². The van der Waals surface area contributed by atoms with Gasteiger partial charge < -0.3 is 19.5 Å². The van der Waals surface area contributed by atoms with Crippen LogP contribution in [0.15, 0.2) is 54.1 Å². The van der Waals surface area contributed by atoms with E-state index in [1.54, 1.807) is 37.4 Å². The van der Waals surface area contributed by atoms with Crippen molar-refractivity contribution in [1.29, 1.82) is 0 Å². The second kappa shape index (κ2) is 9.13. The van der Waals surface area contributed by atoms with Crippen LogP contribution in [0.4, 0.5) is 0 Å². The maximum atomic E-state index is 13.0. The van der Waals surface area contributed by atoms with Gasteiger partial charge in [-0.3, -0.25) is 9.59 Å². The van der Waals surface area contributed by atoms with Gasteiger partial charge in [0.15, 0.2) is 0 Å². The molecule has 158 valence electrons. The molecule has 1 N–H and O–H groups in total. The standard InChI is InChI=1S/C24H27NO5/c1-15(2)30-13-12-25-21(18-6-5-7-19(14-18)29-4)20(23(27)24(25)28)22(26)17-10-8-16(3)9-11-17/h5-11,14-15,21,26H,12-13H2,1-4H3/b22-20-. The Kier molecular flexibility index (Phi) is 6.57. The summed E-state index contributed by atoms with van der Waals surface area (Å²) in [5.41, 5.74) is 2.28. The highest BCUT2D eigenvalue weighted by atomic mass is 16.5. The van der Waals surface area contributed by atoms with Crippen LogP contribution in [0, 0.1) is 6.92 Å². The summed E-state index contributed by atoms with van der Waals surface area (Å²) in [6, 6.07) is 13.6. The van der Waals surface area contributed by atoms with E-state index in [0.717, 1.165) is 5.56 Å². The van der Waals surface area contributed by atoms with Crippen LogP contribution < -0.4 is 4.74 Å². The fraction of sp³-hybridized carbons (Fsp3) is 0.333. The van der Waals surface area contributed by atoms with Crippen molar-refractivity contribution in [2.75, 3.05) is 20.3 Å². The van der Waals surface area contributed by atoms with Crippen LogP contribution >= 0.6 is 0 Å². The number of likely N-dealkylation sites (tertiary alicyclic amines) is 1. The third-order valence-corrected chi connectivity index (χ3v) is 5.06. The van der Waals surface area contributed by atoms with Crippen molar-refractivity contribution >= 4 is 17.4 Å². The first-order valence-electron chi connectivity index (χ1n) is 9.94. The van der Waals surface area contributed by atoms with E-state index in [9.17, 15) is 14.7 Å². The largest absolute Gasteiger partial charge is 0.507 e. The summed E-state index contributed by atoms with van der Waals surface area (Å²) in [7, 11) is 1.55. The number of carbonyl (C=O) groups excluding carboxylic acids is 2. The second-order valence-electron chi connectivity index (χ2n) is 7.55. The first-order valence-corrected chi connectivity index (χ1v) is 9.94. The number of aliphatic hydroxyl groups is 1. The van der Waals surface area contributed by atoms with E-state index in [1.165, 1.54) is 4.90 Å². The van der Waals surface area contributed by atoms with Gasteiger partial charge in [0.1, 0.15) is 11.5 Å². The van der Waals surface area contributed by atoms with Crippen molar-refractivity contribution in [3.63, 3.8) is 0 Å². The fourth-order valence-corrected chi connectivity index (χ4v) is 3.52. The molecule has 1 amide bonds. The minimum Gasteiger partial charge on any atom is -0.507 e. The summed E-state index contributed by atoms with van der Waals surface area (Å²) in [6.07, 6.45) is 0.00431. The number of rotatable bonds is 7. The molecule has 2 aromatic carbocycles. The summed E-state index contributed by atoms with van der Waals surface area (Å²) >= 11 is 0. The maximum absolute atomic E-state index is 13.0. The molecule has 1 fully saturated rings. The number of hydrogen-bond donors (Lipinski definition) is 1. The van der Waals surface area contributed by atoms with Gasteiger partial charge in [0.05, 0.1) is 31.4 Å². The molecule has 0 aromatic heterocycles. The number of Topliss-reactive ketones (excluding diaryl/α,β-unsaturated/α-hetero) is 1. The average molecular weight is 409 g/mol. The molecule has 3 rings (SSSR count). The van der Waals surface area contributed by atoms with Crippen molar-refractivity contribution in [2.45, 2.75) is 32.9 Å². The summed E-state index contributed by atoms with van der Waals surface area (Å²) < 4.78 is 10.9. The number of ketones is 1. The Morgan fingerprint density at radius 3 is 2.47 bits per heavy atom. The van der Waals surface area contributed by atoms with Gasteiger partial charge in [-0.15, -0.1) is 0 Å². The first kappa shape index (κ1) is 21.6. The predicted molar refractivity (Wildman–Crippen MR) is 114 cm³/mol. The highest BCUT2D eigenvalue weighted by Gasteiger charge is 2.46. The zero-order chi connectivity index (χ0) is 21.8. The van der Waals surface area contributed by atoms with Crippen LogP contribution in [0.2, 0.25) is 0 Å². The molecule has 0 bridgehead atoms. The molecule has 1 aliphatic heterocycles. The molecule has 30 heavy (non-hydrogen) atoms. The van der Waals surface area contributed by atoms with Crippen LogP contribution in [-0.2, 0) is 14.3 Å². The lowest BCUT2D eigenvalue weighted by Gasteiger charge is -2.26. The summed E-state index contributed by atoms with van der Waals surface area (Å²) in [4.78, 5) is 27.3. The van der Waals surface area contributed by atoms with E-state index < -0.39 is 17.7 Å². The van der Waals surface area contributed by atoms with E-state index in [2.05, 4.69) is 0 Å². The second-order valence-corrected chi connectivity index (χ2v) is 7.55. The van der Waals surface area contributed by atoms with E-state index in [1.807, 2.05) is 39.0 Å². The molecular weight excluding hydrogens is 382 g/mol. The lowest BCUT2D eigenvalue weighted by molar-refractivity contribution is -0.140. The van der Waals surface area contributed by atoms with Gasteiger partial charge in [-0.25, -0.2) is 0 Å². The number of aryl methyl sites for hydroxylation is 1. The van der Waals surface area contributed by atoms with Gasteiger partial charge in [0, 0.05) is 12.1 Å². The topological polar surface area (TPSA) is 76.1 Å². The maximum Gasteiger partial charge on any atom is 0.295 e. The Morgan fingerprint density at radius 2 is 1.83 bits per heavy atom. The molecule has 0 saturated carbocycles. The van der Waals surface area contributed by atoms with Crippen molar-refractivity contribution in [3.05, 3.63) is 70.8 Å². The Balaban J connectivity index is 2.10. The van der Waals surface area contributed by atoms with Crippen LogP contribution in [-0.4, -0.2) is 48.1 Å². The van der Waals surface area contributed by atoms with E-state index in [-0.39, 0.29) is 30.6 Å². The van der Waals surface area contributed by atoms with E-state index in [0.29, 0.717) is 16.9 Å². The molecule has 1 unspecified atom stereocenters. The molecule has 6 nitrogen and oxygen atoms in total. The van der Waals surface area contributed by atoms with Crippen LogP contribution in [0.25, 0.3) is 5.76 Å². The van der Waals surface area contributed by atoms with Gasteiger partial charge in [0.25, 0.3) is 11.7 Å². The third-order valence-electron chi connectivity index (χ3n) is 5.06. The number of methoxy groups -OCH3 is 1. The van der Waals surface area contributed by atoms with E-state index in [4.69, 9.17) is 9.47 Å². The smallest absolute Gasteiger partial charge is 0.295 e. The Morgan fingerprint density at radius 1 is 1.13 bits per heavy atom. The number of aliphatic hydroxyl groups excluding tert-OH is 1. The third kappa shape index (κ3) is 4.39. The van der Waals surface area contributed by atoms with E-state index >= 15 is 0 Å². The van der Waals surface area contributed by atoms with Gasteiger partial charge in [0.2, 0.25) is 0 Å². The molecule has 0 radical (unpaired) electrons. The molecule has 6 heteroatoms. The number of carbonyl (C=O) groups is 2. The zero-order valence-corrected chi connectivity index (χ0v) is 17.7. The van der Waals surface area contributed by atoms with Gasteiger partial charge >= 0.3 is 0 Å². The SMILES string of the molecule is COc1cccc(C2/C(=C(/O)c3ccc(C)cc3)C(=O)C(=O)N2CCOC(C)C)c1. The Bertz CT molecular complexity index is 962. The minimum atomic E-state index is -0.725. The normalized spacial score (nSPS) is 18.3. The molecule has 1 aliphatic rings. The molecule has 1 saturated heterocycles. The molecule has 0 aliphatic carbocycles. The summed E-state index contributed by atoms with van der Waals surface area (Å²) in [6.45, 7) is 6.27.